The Morgan fingerprint density at radius 3 is 2.70 bits per heavy atom. The van der Waals surface area contributed by atoms with Gasteiger partial charge in [0.15, 0.2) is 0 Å². The second kappa shape index (κ2) is 8.14. The Labute approximate surface area is 159 Å². The molecule has 3 rings (SSSR count). The van der Waals surface area contributed by atoms with Crippen LogP contribution in [0.4, 0.5) is 5.69 Å². The highest BCUT2D eigenvalue weighted by Gasteiger charge is 2.12. The summed E-state index contributed by atoms with van der Waals surface area (Å²) < 4.78 is 5.35. The summed E-state index contributed by atoms with van der Waals surface area (Å²) in [6.07, 6.45) is 2.54. The van der Waals surface area contributed by atoms with Crippen molar-refractivity contribution in [3.8, 4) is 17.0 Å². The molecule has 2 aromatic carbocycles. The largest absolute Gasteiger partial charge is 0.497 e. The van der Waals surface area contributed by atoms with Gasteiger partial charge in [0.25, 0.3) is 0 Å². The fraction of sp³-hybridized carbons (Fsp3) is 0.286. The van der Waals surface area contributed by atoms with Gasteiger partial charge in [0.05, 0.1) is 19.3 Å². The van der Waals surface area contributed by atoms with Crippen molar-refractivity contribution < 1.29 is 9.53 Å². The quantitative estimate of drug-likeness (QED) is 0.726. The van der Waals surface area contributed by atoms with E-state index in [1.165, 1.54) is 0 Å². The molecule has 1 heterocycles. The molecule has 0 unspecified atom stereocenters. The van der Waals surface area contributed by atoms with Gasteiger partial charge in [-0.15, -0.1) is 0 Å². The van der Waals surface area contributed by atoms with Crippen molar-refractivity contribution in [2.45, 2.75) is 13.3 Å². The molecule has 140 valence electrons. The molecule has 6 heteroatoms. The van der Waals surface area contributed by atoms with Crippen molar-refractivity contribution in [1.29, 1.82) is 0 Å². The molecule has 0 aliphatic rings. The summed E-state index contributed by atoms with van der Waals surface area (Å²) in [6, 6.07) is 11.7. The molecule has 0 spiro atoms. The first-order valence-electron chi connectivity index (χ1n) is 8.89. The zero-order valence-electron chi connectivity index (χ0n) is 16.1. The Morgan fingerprint density at radius 1 is 1.19 bits per heavy atom. The molecule has 0 atom stereocenters. The predicted octanol–water partition coefficient (Wildman–Crippen LogP) is 3.37. The van der Waals surface area contributed by atoms with Gasteiger partial charge in [-0.2, -0.15) is 0 Å². The molecule has 1 N–H and O–H groups in total. The molecule has 27 heavy (non-hydrogen) atoms. The summed E-state index contributed by atoms with van der Waals surface area (Å²) in [6.45, 7) is 2.34. The van der Waals surface area contributed by atoms with E-state index in [2.05, 4.69) is 21.4 Å². The van der Waals surface area contributed by atoms with Gasteiger partial charge in [0.1, 0.15) is 11.6 Å². The highest BCUT2D eigenvalue weighted by Crippen LogP contribution is 2.32. The fourth-order valence-corrected chi connectivity index (χ4v) is 2.92. The number of carbonyl (C=O) groups excluding carboxylic acids is 1. The molecule has 0 saturated heterocycles. The van der Waals surface area contributed by atoms with Gasteiger partial charge < -0.3 is 15.0 Å². The number of carbonyl (C=O) groups is 1. The number of ether oxygens (including phenoxy) is 1. The average Bonchev–Trinajstić information content (AvgIpc) is 2.66. The Hall–Kier alpha value is -2.99. The van der Waals surface area contributed by atoms with Crippen LogP contribution in [0.3, 0.4) is 0 Å². The van der Waals surface area contributed by atoms with Crippen LogP contribution >= 0.6 is 0 Å². The number of anilines is 1. The number of hydrogen-bond acceptors (Lipinski definition) is 5. The van der Waals surface area contributed by atoms with Gasteiger partial charge in [0.2, 0.25) is 5.91 Å². The number of nitrogens with one attached hydrogen (secondary N) is 1. The minimum atomic E-state index is -0.0711. The molecule has 1 amide bonds. The van der Waals surface area contributed by atoms with E-state index < -0.39 is 0 Å². The summed E-state index contributed by atoms with van der Waals surface area (Å²) in [5.41, 5.74) is 2.51. The summed E-state index contributed by atoms with van der Waals surface area (Å²) in [4.78, 5) is 23.1. The van der Waals surface area contributed by atoms with E-state index in [-0.39, 0.29) is 5.91 Å². The molecule has 0 fully saturated rings. The van der Waals surface area contributed by atoms with Gasteiger partial charge in [-0.05, 0) is 49.8 Å². The number of likely N-dealkylation sites (N-methyl/N-ethyl adjacent to an activating group) is 1. The van der Waals surface area contributed by atoms with Crippen LogP contribution in [0.25, 0.3) is 22.0 Å². The lowest BCUT2D eigenvalue weighted by Crippen LogP contribution is -2.27. The first-order valence-corrected chi connectivity index (χ1v) is 8.89. The SMILES string of the molecule is CCc1nccc(-c2cc(NC(=O)CN(C)C)c3cc(OC)ccc3c2)n1. The number of rotatable bonds is 6. The van der Waals surface area contributed by atoms with Crippen LogP contribution in [-0.4, -0.2) is 48.5 Å². The zero-order valence-corrected chi connectivity index (χ0v) is 16.1. The highest BCUT2D eigenvalue weighted by atomic mass is 16.5. The smallest absolute Gasteiger partial charge is 0.238 e. The van der Waals surface area contributed by atoms with Crippen LogP contribution in [0, 0.1) is 0 Å². The van der Waals surface area contributed by atoms with Crippen LogP contribution in [0.15, 0.2) is 42.6 Å². The first kappa shape index (κ1) is 18.8. The standard InChI is InChI=1S/C21H24N4O2/c1-5-20-22-9-8-18(23-20)15-10-14-6-7-16(27-4)12-17(14)19(11-15)24-21(26)13-25(2)3/h6-12H,5,13H2,1-4H3,(H,24,26). The second-order valence-corrected chi connectivity index (χ2v) is 6.61. The molecule has 3 aromatic rings. The highest BCUT2D eigenvalue weighted by molar-refractivity contribution is 6.05. The molecule has 6 nitrogen and oxygen atoms in total. The Balaban J connectivity index is 2.11. The van der Waals surface area contributed by atoms with Crippen molar-refractivity contribution in [3.05, 3.63) is 48.4 Å². The topological polar surface area (TPSA) is 67.4 Å². The minimum Gasteiger partial charge on any atom is -0.497 e. The van der Waals surface area contributed by atoms with Crippen LogP contribution in [0.1, 0.15) is 12.7 Å². The third kappa shape index (κ3) is 4.41. The number of aryl methyl sites for hydroxylation is 1. The number of hydrogen-bond donors (Lipinski definition) is 1. The Bertz CT molecular complexity index is 970. The number of methoxy groups -OCH3 is 1. The predicted molar refractivity (Wildman–Crippen MR) is 108 cm³/mol. The number of fused-ring (bicyclic) bond motifs is 1. The van der Waals surface area contributed by atoms with E-state index in [1.54, 1.807) is 13.3 Å². The van der Waals surface area contributed by atoms with E-state index in [0.29, 0.717) is 6.54 Å². The summed E-state index contributed by atoms with van der Waals surface area (Å²) in [5, 5.41) is 4.96. The Morgan fingerprint density at radius 2 is 2.00 bits per heavy atom. The van der Waals surface area contributed by atoms with E-state index >= 15 is 0 Å². The number of amides is 1. The number of aromatic nitrogens is 2. The molecule has 0 radical (unpaired) electrons. The van der Waals surface area contributed by atoms with Crippen molar-refractivity contribution in [2.75, 3.05) is 33.1 Å². The summed E-state index contributed by atoms with van der Waals surface area (Å²) >= 11 is 0. The minimum absolute atomic E-state index is 0.0711. The normalized spacial score (nSPS) is 11.0. The lowest BCUT2D eigenvalue weighted by molar-refractivity contribution is -0.116. The van der Waals surface area contributed by atoms with Gasteiger partial charge in [0, 0.05) is 29.3 Å². The van der Waals surface area contributed by atoms with E-state index in [4.69, 9.17) is 4.74 Å². The lowest BCUT2D eigenvalue weighted by Gasteiger charge is -2.14. The summed E-state index contributed by atoms with van der Waals surface area (Å²) in [5.74, 6) is 1.47. The monoisotopic (exact) mass is 364 g/mol. The van der Waals surface area contributed by atoms with Crippen molar-refractivity contribution >= 4 is 22.4 Å². The fourth-order valence-electron chi connectivity index (χ4n) is 2.92. The third-order valence-electron chi connectivity index (χ3n) is 4.21. The molecule has 0 aliphatic heterocycles. The zero-order chi connectivity index (χ0) is 19.4. The molecule has 0 aliphatic carbocycles. The van der Waals surface area contributed by atoms with Gasteiger partial charge in [-0.3, -0.25) is 4.79 Å². The van der Waals surface area contributed by atoms with Gasteiger partial charge >= 0.3 is 0 Å². The second-order valence-electron chi connectivity index (χ2n) is 6.61. The maximum Gasteiger partial charge on any atom is 0.238 e. The van der Waals surface area contributed by atoms with E-state index in [0.717, 1.165) is 45.7 Å². The van der Waals surface area contributed by atoms with Crippen LogP contribution in [0.5, 0.6) is 5.75 Å². The number of nitrogens with zero attached hydrogens (tertiary/aromatic N) is 3. The van der Waals surface area contributed by atoms with Crippen LogP contribution < -0.4 is 10.1 Å². The van der Waals surface area contributed by atoms with E-state index in [1.807, 2.05) is 56.3 Å². The van der Waals surface area contributed by atoms with Crippen molar-refractivity contribution in [2.24, 2.45) is 0 Å². The van der Waals surface area contributed by atoms with E-state index in [9.17, 15) is 4.79 Å². The molecule has 1 aromatic heterocycles. The Kier molecular flexibility index (Phi) is 5.66. The average molecular weight is 364 g/mol. The van der Waals surface area contributed by atoms with Crippen molar-refractivity contribution in [3.63, 3.8) is 0 Å². The van der Waals surface area contributed by atoms with Gasteiger partial charge in [-0.1, -0.05) is 13.0 Å². The van der Waals surface area contributed by atoms with Crippen molar-refractivity contribution in [1.82, 2.24) is 14.9 Å². The maximum absolute atomic E-state index is 12.4. The van der Waals surface area contributed by atoms with Crippen LogP contribution in [0.2, 0.25) is 0 Å². The molecule has 0 bridgehead atoms. The third-order valence-corrected chi connectivity index (χ3v) is 4.21. The first-order chi connectivity index (χ1) is 13.0. The summed E-state index contributed by atoms with van der Waals surface area (Å²) in [7, 11) is 5.36. The lowest BCUT2D eigenvalue weighted by atomic mass is 10.0. The molecular weight excluding hydrogens is 340 g/mol. The molecular formula is C21H24N4O2. The maximum atomic E-state index is 12.4. The van der Waals surface area contributed by atoms with Gasteiger partial charge in [-0.25, -0.2) is 9.97 Å². The molecule has 0 saturated carbocycles. The number of benzene rings is 2. The van der Waals surface area contributed by atoms with Crippen LogP contribution in [-0.2, 0) is 11.2 Å².